The molecule has 0 aromatic carbocycles. The predicted octanol–water partition coefficient (Wildman–Crippen LogP) is 2.93. The second kappa shape index (κ2) is 7.59. The van der Waals surface area contributed by atoms with Crippen LogP contribution in [0.4, 0.5) is 0 Å². The summed E-state index contributed by atoms with van der Waals surface area (Å²) in [5.41, 5.74) is 2.32. The summed E-state index contributed by atoms with van der Waals surface area (Å²) in [7, 11) is 0. The summed E-state index contributed by atoms with van der Waals surface area (Å²) in [5.74, 6) is -0.0381. The molecule has 1 heterocycles. The molecule has 3 N–H and O–H groups in total. The zero-order valence-corrected chi connectivity index (χ0v) is 13.9. The molecule has 0 saturated carbocycles. The Balaban J connectivity index is 2.54. The Bertz CT molecular complexity index is 447. The third-order valence-electron chi connectivity index (χ3n) is 3.48. The molecule has 1 aromatic heterocycles. The summed E-state index contributed by atoms with van der Waals surface area (Å²) in [5, 5.41) is 19.6. The van der Waals surface area contributed by atoms with Crippen molar-refractivity contribution in [2.75, 3.05) is 6.54 Å². The lowest BCUT2D eigenvalue weighted by atomic mass is 9.89. The molecule has 5 nitrogen and oxygen atoms in total. The van der Waals surface area contributed by atoms with Gasteiger partial charge in [0.25, 0.3) is 0 Å². The van der Waals surface area contributed by atoms with Gasteiger partial charge >= 0.3 is 5.97 Å². The van der Waals surface area contributed by atoms with Gasteiger partial charge in [-0.15, -0.1) is 0 Å². The molecule has 21 heavy (non-hydrogen) atoms. The van der Waals surface area contributed by atoms with Crippen LogP contribution >= 0.6 is 0 Å². The molecule has 0 aliphatic rings. The van der Waals surface area contributed by atoms with Crippen LogP contribution in [-0.4, -0.2) is 27.8 Å². The number of rotatable bonds is 8. The summed E-state index contributed by atoms with van der Waals surface area (Å²) in [6, 6.07) is 0. The van der Waals surface area contributed by atoms with Crippen LogP contribution in [0.3, 0.4) is 0 Å². The van der Waals surface area contributed by atoms with Crippen LogP contribution < -0.4 is 5.32 Å². The second-order valence-electron chi connectivity index (χ2n) is 7.24. The summed E-state index contributed by atoms with van der Waals surface area (Å²) in [4.78, 5) is 10.9. The third kappa shape index (κ3) is 6.29. The van der Waals surface area contributed by atoms with Crippen molar-refractivity contribution in [3.8, 4) is 0 Å². The van der Waals surface area contributed by atoms with E-state index in [1.165, 1.54) is 0 Å². The number of aromatic amines is 1. The molecule has 0 bridgehead atoms. The molecule has 1 atom stereocenters. The van der Waals surface area contributed by atoms with E-state index in [2.05, 4.69) is 50.1 Å². The molecule has 0 aliphatic heterocycles. The molecule has 0 radical (unpaired) electrons. The maximum Gasteiger partial charge on any atom is 0.303 e. The molecule has 1 rings (SSSR count). The summed E-state index contributed by atoms with van der Waals surface area (Å²) in [6.07, 6.45) is 3.00. The topological polar surface area (TPSA) is 78.0 Å². The van der Waals surface area contributed by atoms with Crippen LogP contribution in [0.2, 0.25) is 0 Å². The minimum Gasteiger partial charge on any atom is -0.481 e. The Morgan fingerprint density at radius 1 is 1.43 bits per heavy atom. The van der Waals surface area contributed by atoms with Gasteiger partial charge in [0.05, 0.1) is 6.20 Å². The first kappa shape index (κ1) is 17.7. The lowest BCUT2D eigenvalue weighted by Gasteiger charge is -2.20. The SMILES string of the molecule is CC(C)C[C@H](CNCc1cn[nH]c1C(C)(C)C)CC(=O)O. The Morgan fingerprint density at radius 2 is 2.10 bits per heavy atom. The van der Waals surface area contributed by atoms with Gasteiger partial charge in [0.15, 0.2) is 0 Å². The van der Waals surface area contributed by atoms with Gasteiger partial charge in [-0.1, -0.05) is 34.6 Å². The first-order valence-corrected chi connectivity index (χ1v) is 7.65. The van der Waals surface area contributed by atoms with Crippen molar-refractivity contribution in [2.24, 2.45) is 11.8 Å². The highest BCUT2D eigenvalue weighted by atomic mass is 16.4. The maximum absolute atomic E-state index is 10.9. The molecular weight excluding hydrogens is 266 g/mol. The fraction of sp³-hybridized carbons (Fsp3) is 0.750. The van der Waals surface area contributed by atoms with E-state index < -0.39 is 5.97 Å². The molecule has 0 amide bonds. The van der Waals surface area contributed by atoms with Crippen molar-refractivity contribution in [1.82, 2.24) is 15.5 Å². The average Bonchev–Trinajstić information content (AvgIpc) is 2.75. The van der Waals surface area contributed by atoms with Crippen molar-refractivity contribution in [3.63, 3.8) is 0 Å². The lowest BCUT2D eigenvalue weighted by molar-refractivity contribution is -0.138. The highest BCUT2D eigenvalue weighted by molar-refractivity contribution is 5.67. The molecule has 120 valence electrons. The molecular formula is C16H29N3O2. The second-order valence-corrected chi connectivity index (χ2v) is 7.24. The van der Waals surface area contributed by atoms with Gasteiger partial charge in [0.1, 0.15) is 0 Å². The fourth-order valence-corrected chi connectivity index (χ4v) is 2.66. The molecule has 0 aliphatic carbocycles. The summed E-state index contributed by atoms with van der Waals surface area (Å²) >= 11 is 0. The van der Waals surface area contributed by atoms with Crippen molar-refractivity contribution in [2.45, 2.75) is 59.4 Å². The number of carboxylic acids is 1. The maximum atomic E-state index is 10.9. The highest BCUT2D eigenvalue weighted by Crippen LogP contribution is 2.23. The zero-order chi connectivity index (χ0) is 16.0. The molecule has 0 saturated heterocycles. The van der Waals surface area contributed by atoms with Crippen LogP contribution in [-0.2, 0) is 16.8 Å². The van der Waals surface area contributed by atoms with E-state index in [-0.39, 0.29) is 17.8 Å². The van der Waals surface area contributed by atoms with Crippen LogP contribution in [0.1, 0.15) is 58.7 Å². The van der Waals surface area contributed by atoms with Crippen LogP contribution in [0, 0.1) is 11.8 Å². The van der Waals surface area contributed by atoms with Crippen LogP contribution in [0.25, 0.3) is 0 Å². The number of H-pyrrole nitrogens is 1. The van der Waals surface area contributed by atoms with E-state index in [4.69, 9.17) is 5.11 Å². The van der Waals surface area contributed by atoms with Crippen molar-refractivity contribution in [3.05, 3.63) is 17.5 Å². The number of nitrogens with one attached hydrogen (secondary N) is 2. The minimum absolute atomic E-state index is 0.0336. The fourth-order valence-electron chi connectivity index (χ4n) is 2.66. The van der Waals surface area contributed by atoms with E-state index in [1.54, 1.807) is 0 Å². The van der Waals surface area contributed by atoms with Crippen molar-refractivity contribution >= 4 is 5.97 Å². The normalized spacial score (nSPS) is 13.6. The van der Waals surface area contributed by atoms with Crippen molar-refractivity contribution in [1.29, 1.82) is 0 Å². The van der Waals surface area contributed by atoms with E-state index in [0.29, 0.717) is 5.92 Å². The number of hydrogen-bond donors (Lipinski definition) is 3. The monoisotopic (exact) mass is 295 g/mol. The minimum atomic E-state index is -0.721. The molecule has 5 heteroatoms. The highest BCUT2D eigenvalue weighted by Gasteiger charge is 2.20. The number of carboxylic acid groups (broad SMARTS) is 1. The lowest BCUT2D eigenvalue weighted by Crippen LogP contribution is -2.26. The molecule has 0 fully saturated rings. The molecule has 1 aromatic rings. The number of carbonyl (C=O) groups is 1. The predicted molar refractivity (Wildman–Crippen MR) is 84.2 cm³/mol. The van der Waals surface area contributed by atoms with E-state index in [0.717, 1.165) is 30.8 Å². The smallest absolute Gasteiger partial charge is 0.303 e. The third-order valence-corrected chi connectivity index (χ3v) is 3.48. The quantitative estimate of drug-likeness (QED) is 0.689. The Kier molecular flexibility index (Phi) is 6.40. The molecule has 0 spiro atoms. The Morgan fingerprint density at radius 3 is 2.62 bits per heavy atom. The number of aliphatic carboxylic acids is 1. The van der Waals surface area contributed by atoms with Gasteiger partial charge in [-0.2, -0.15) is 5.10 Å². The zero-order valence-electron chi connectivity index (χ0n) is 13.9. The number of hydrogen-bond acceptors (Lipinski definition) is 3. The van der Waals surface area contributed by atoms with Crippen molar-refractivity contribution < 1.29 is 9.90 Å². The van der Waals surface area contributed by atoms with Gasteiger partial charge < -0.3 is 10.4 Å². The first-order valence-electron chi connectivity index (χ1n) is 7.65. The van der Waals surface area contributed by atoms with E-state index in [1.807, 2.05) is 6.20 Å². The first-order chi connectivity index (χ1) is 9.70. The number of aromatic nitrogens is 2. The largest absolute Gasteiger partial charge is 0.481 e. The Hall–Kier alpha value is -1.36. The summed E-state index contributed by atoms with van der Waals surface area (Å²) in [6.45, 7) is 12.1. The number of nitrogens with zero attached hydrogens (tertiary/aromatic N) is 1. The van der Waals surface area contributed by atoms with Crippen LogP contribution in [0.15, 0.2) is 6.20 Å². The summed E-state index contributed by atoms with van der Waals surface area (Å²) < 4.78 is 0. The Labute approximate surface area is 127 Å². The van der Waals surface area contributed by atoms with Gasteiger partial charge in [-0.3, -0.25) is 9.89 Å². The van der Waals surface area contributed by atoms with E-state index >= 15 is 0 Å². The van der Waals surface area contributed by atoms with E-state index in [9.17, 15) is 4.79 Å². The molecule has 0 unspecified atom stereocenters. The van der Waals surface area contributed by atoms with Gasteiger partial charge in [-0.05, 0) is 24.8 Å². The standard InChI is InChI=1S/C16H29N3O2/c1-11(2)6-12(7-14(20)21)8-17-9-13-10-18-19-15(13)16(3,4)5/h10-12,17H,6-9H2,1-5H3,(H,18,19)(H,20,21)/t12-/m0/s1. The average molecular weight is 295 g/mol. The van der Waals surface area contributed by atoms with Crippen LogP contribution in [0.5, 0.6) is 0 Å². The van der Waals surface area contributed by atoms with Gasteiger partial charge in [-0.25, -0.2) is 0 Å². The van der Waals surface area contributed by atoms with Gasteiger partial charge in [0.2, 0.25) is 0 Å². The van der Waals surface area contributed by atoms with Gasteiger partial charge in [0, 0.05) is 29.6 Å².